The second-order valence-corrected chi connectivity index (χ2v) is 7.18. The molecule has 1 atom stereocenters. The first kappa shape index (κ1) is 17.2. The average Bonchev–Trinajstić information content (AvgIpc) is 2.85. The Hall–Kier alpha value is -2.11. The number of amides is 1. The summed E-state index contributed by atoms with van der Waals surface area (Å²) in [7, 11) is 0. The van der Waals surface area contributed by atoms with Crippen molar-refractivity contribution < 1.29 is 19.4 Å². The normalized spacial score (nSPS) is 21.3. The summed E-state index contributed by atoms with van der Waals surface area (Å²) in [5.74, 6) is -0.895. The van der Waals surface area contributed by atoms with Crippen molar-refractivity contribution in [3.05, 3.63) is 29.6 Å². The van der Waals surface area contributed by atoms with E-state index in [1.165, 1.54) is 4.90 Å². The highest BCUT2D eigenvalue weighted by molar-refractivity contribution is 5.78. The zero-order chi connectivity index (χ0) is 17.3. The molecule has 1 aromatic rings. The van der Waals surface area contributed by atoms with Gasteiger partial charge < -0.3 is 14.7 Å². The molecule has 0 bridgehead atoms. The van der Waals surface area contributed by atoms with Gasteiger partial charge in [-0.2, -0.15) is 0 Å². The molecule has 0 spiro atoms. The van der Waals surface area contributed by atoms with Gasteiger partial charge in [0.05, 0.1) is 5.41 Å². The first-order chi connectivity index (χ1) is 10.6. The molecule has 23 heavy (non-hydrogen) atoms. The Morgan fingerprint density at radius 3 is 2.70 bits per heavy atom. The largest absolute Gasteiger partial charge is 0.481 e. The molecule has 1 aromatic heterocycles. The summed E-state index contributed by atoms with van der Waals surface area (Å²) in [5, 5.41) is 9.74. The molecule has 6 heteroatoms. The number of hydrogen-bond acceptors (Lipinski definition) is 4. The van der Waals surface area contributed by atoms with Crippen molar-refractivity contribution >= 4 is 12.1 Å². The first-order valence-corrected chi connectivity index (χ1v) is 7.75. The molecule has 1 aliphatic rings. The number of nitrogens with zero attached hydrogens (tertiary/aromatic N) is 2. The molecule has 0 saturated carbocycles. The summed E-state index contributed by atoms with van der Waals surface area (Å²) >= 11 is 0. The van der Waals surface area contributed by atoms with Gasteiger partial charge in [-0.05, 0) is 45.7 Å². The summed E-state index contributed by atoms with van der Waals surface area (Å²) in [6, 6.07) is 3.74. The molecule has 1 amide bonds. The van der Waals surface area contributed by atoms with E-state index in [1.54, 1.807) is 27.0 Å². The van der Waals surface area contributed by atoms with Gasteiger partial charge in [-0.1, -0.05) is 6.07 Å². The summed E-state index contributed by atoms with van der Waals surface area (Å²) in [5.41, 5.74) is 0.129. The zero-order valence-corrected chi connectivity index (χ0v) is 14.1. The van der Waals surface area contributed by atoms with E-state index >= 15 is 0 Å². The number of carboxylic acid groups (broad SMARTS) is 1. The third kappa shape index (κ3) is 4.00. The lowest BCUT2D eigenvalue weighted by Gasteiger charge is -2.27. The van der Waals surface area contributed by atoms with Crippen molar-refractivity contribution in [3.63, 3.8) is 0 Å². The van der Waals surface area contributed by atoms with Crippen molar-refractivity contribution in [3.8, 4) is 0 Å². The third-order valence-electron chi connectivity index (χ3n) is 4.08. The van der Waals surface area contributed by atoms with E-state index in [-0.39, 0.29) is 6.54 Å². The van der Waals surface area contributed by atoms with Crippen molar-refractivity contribution in [1.29, 1.82) is 0 Å². The van der Waals surface area contributed by atoms with Crippen LogP contribution in [0.3, 0.4) is 0 Å². The van der Waals surface area contributed by atoms with E-state index in [4.69, 9.17) is 4.74 Å². The molecule has 6 nitrogen and oxygen atoms in total. The molecule has 1 fully saturated rings. The van der Waals surface area contributed by atoms with Crippen molar-refractivity contribution in [2.75, 3.05) is 13.1 Å². The second-order valence-electron chi connectivity index (χ2n) is 7.18. The molecular weight excluding hydrogens is 296 g/mol. The lowest BCUT2D eigenvalue weighted by molar-refractivity contribution is -0.148. The standard InChI is InChI=1S/C17H24N2O4/c1-12-6-5-8-18-13(12)10-17(14(20)21)7-9-19(11-17)15(22)23-16(2,3)4/h5-6,8H,7,9-11H2,1-4H3,(H,20,21). The zero-order valence-electron chi connectivity index (χ0n) is 14.1. The van der Waals surface area contributed by atoms with Crippen molar-refractivity contribution in [2.24, 2.45) is 5.41 Å². The Kier molecular flexibility index (Phi) is 4.63. The van der Waals surface area contributed by atoms with Gasteiger partial charge in [0.15, 0.2) is 0 Å². The van der Waals surface area contributed by atoms with Crippen LogP contribution in [0, 0.1) is 12.3 Å². The Morgan fingerprint density at radius 1 is 1.43 bits per heavy atom. The van der Waals surface area contributed by atoms with Gasteiger partial charge in [-0.15, -0.1) is 0 Å². The summed E-state index contributed by atoms with van der Waals surface area (Å²) in [6.45, 7) is 7.83. The highest BCUT2D eigenvalue weighted by Gasteiger charge is 2.47. The van der Waals surface area contributed by atoms with Crippen LogP contribution in [0.5, 0.6) is 0 Å². The smallest absolute Gasteiger partial charge is 0.410 e. The maximum Gasteiger partial charge on any atom is 0.410 e. The molecule has 2 rings (SSSR count). The maximum atomic E-state index is 12.2. The van der Waals surface area contributed by atoms with E-state index in [1.807, 2.05) is 19.1 Å². The molecular formula is C17H24N2O4. The van der Waals surface area contributed by atoms with Crippen LogP contribution < -0.4 is 0 Å². The van der Waals surface area contributed by atoms with Gasteiger partial charge in [0.1, 0.15) is 5.60 Å². The van der Waals surface area contributed by atoms with Gasteiger partial charge in [-0.25, -0.2) is 4.79 Å². The Labute approximate surface area is 136 Å². The molecule has 126 valence electrons. The number of likely N-dealkylation sites (tertiary alicyclic amines) is 1. The minimum absolute atomic E-state index is 0.146. The fourth-order valence-corrected chi connectivity index (χ4v) is 2.77. The van der Waals surface area contributed by atoms with Gasteiger partial charge in [-0.3, -0.25) is 9.78 Å². The van der Waals surface area contributed by atoms with Gasteiger partial charge in [0.25, 0.3) is 0 Å². The number of pyridine rings is 1. The molecule has 0 aromatic carbocycles. The highest BCUT2D eigenvalue weighted by Crippen LogP contribution is 2.35. The number of rotatable bonds is 3. The number of carbonyl (C=O) groups is 2. The second kappa shape index (κ2) is 6.18. The van der Waals surface area contributed by atoms with Crippen molar-refractivity contribution in [2.45, 2.75) is 46.1 Å². The molecule has 0 radical (unpaired) electrons. The highest BCUT2D eigenvalue weighted by atomic mass is 16.6. The van der Waals surface area contributed by atoms with Crippen LogP contribution >= 0.6 is 0 Å². The van der Waals surface area contributed by atoms with Crippen LogP contribution in [0.4, 0.5) is 4.79 Å². The Morgan fingerprint density at radius 2 is 2.13 bits per heavy atom. The number of aromatic nitrogens is 1. The summed E-state index contributed by atoms with van der Waals surface area (Å²) in [4.78, 5) is 29.9. The van der Waals surface area contributed by atoms with E-state index < -0.39 is 23.1 Å². The van der Waals surface area contributed by atoms with Gasteiger partial charge in [0, 0.05) is 31.4 Å². The number of aliphatic carboxylic acids is 1. The molecule has 2 heterocycles. The lowest BCUT2D eigenvalue weighted by Crippen LogP contribution is -2.40. The van der Waals surface area contributed by atoms with Crippen LogP contribution in [0.1, 0.15) is 38.4 Å². The maximum absolute atomic E-state index is 12.2. The quantitative estimate of drug-likeness (QED) is 0.926. The van der Waals surface area contributed by atoms with Gasteiger partial charge in [0.2, 0.25) is 0 Å². The SMILES string of the molecule is Cc1cccnc1CC1(C(=O)O)CCN(C(=O)OC(C)(C)C)C1. The van der Waals surface area contributed by atoms with Crippen LogP contribution in [0.25, 0.3) is 0 Å². The molecule has 1 saturated heterocycles. The molecule has 1 N–H and O–H groups in total. The minimum atomic E-state index is -1.00. The van der Waals surface area contributed by atoms with Crippen LogP contribution in [0.15, 0.2) is 18.3 Å². The predicted molar refractivity (Wildman–Crippen MR) is 85.2 cm³/mol. The van der Waals surface area contributed by atoms with E-state index in [0.29, 0.717) is 19.4 Å². The molecule has 0 aliphatic carbocycles. The number of carbonyl (C=O) groups excluding carboxylic acids is 1. The Bertz CT molecular complexity index is 609. The van der Waals surface area contributed by atoms with Crippen LogP contribution in [-0.2, 0) is 16.0 Å². The van der Waals surface area contributed by atoms with E-state index in [9.17, 15) is 14.7 Å². The number of carboxylic acids is 1. The Balaban J connectivity index is 2.16. The minimum Gasteiger partial charge on any atom is -0.481 e. The monoisotopic (exact) mass is 320 g/mol. The lowest BCUT2D eigenvalue weighted by atomic mass is 9.81. The summed E-state index contributed by atoms with van der Waals surface area (Å²) < 4.78 is 5.35. The fourth-order valence-electron chi connectivity index (χ4n) is 2.77. The van der Waals surface area contributed by atoms with Crippen LogP contribution in [0.2, 0.25) is 0 Å². The predicted octanol–water partition coefficient (Wildman–Crippen LogP) is 2.64. The topological polar surface area (TPSA) is 79.7 Å². The van der Waals surface area contributed by atoms with Crippen LogP contribution in [-0.4, -0.2) is 45.7 Å². The van der Waals surface area contributed by atoms with Crippen molar-refractivity contribution in [1.82, 2.24) is 9.88 Å². The van der Waals surface area contributed by atoms with E-state index in [0.717, 1.165) is 11.3 Å². The average molecular weight is 320 g/mol. The third-order valence-corrected chi connectivity index (χ3v) is 4.08. The fraction of sp³-hybridized carbons (Fsp3) is 0.588. The molecule has 1 aliphatic heterocycles. The number of ether oxygens (including phenoxy) is 1. The first-order valence-electron chi connectivity index (χ1n) is 7.75. The number of aryl methyl sites for hydroxylation is 1. The number of hydrogen-bond donors (Lipinski definition) is 1. The van der Waals surface area contributed by atoms with Gasteiger partial charge >= 0.3 is 12.1 Å². The van der Waals surface area contributed by atoms with E-state index in [2.05, 4.69) is 4.98 Å². The summed E-state index contributed by atoms with van der Waals surface area (Å²) in [6.07, 6.45) is 1.92. The molecule has 1 unspecified atom stereocenters.